The zero-order valence-corrected chi connectivity index (χ0v) is 12.0. The molecule has 1 aromatic carbocycles. The molecule has 1 aromatic heterocycles. The Balaban J connectivity index is 1.94. The standard InChI is InChI=1S/C16H13NO5/c1-16(2)21-14(18)12(15(19)22-16)7-10-4-3-5-11(6-10)13-8-17-9-20-13/h3-9H,1-2H3. The van der Waals surface area contributed by atoms with Crippen molar-refractivity contribution in [1.29, 1.82) is 0 Å². The molecule has 1 aliphatic rings. The Morgan fingerprint density at radius 1 is 1.14 bits per heavy atom. The number of carbonyl (C=O) groups excluding carboxylic acids is 2. The summed E-state index contributed by atoms with van der Waals surface area (Å²) in [5.74, 6) is -2.06. The third-order valence-corrected chi connectivity index (χ3v) is 3.03. The van der Waals surface area contributed by atoms with E-state index in [0.717, 1.165) is 5.56 Å². The molecule has 0 atom stereocenters. The van der Waals surface area contributed by atoms with E-state index in [1.54, 1.807) is 24.4 Å². The molecule has 2 aromatic rings. The van der Waals surface area contributed by atoms with Gasteiger partial charge in [-0.05, 0) is 17.7 Å². The first-order valence-electron chi connectivity index (χ1n) is 6.62. The second-order valence-corrected chi connectivity index (χ2v) is 5.23. The van der Waals surface area contributed by atoms with Crippen LogP contribution in [0.1, 0.15) is 19.4 Å². The summed E-state index contributed by atoms with van der Waals surface area (Å²) in [5, 5.41) is 0. The minimum Gasteiger partial charge on any atom is -0.444 e. The lowest BCUT2D eigenvalue weighted by Crippen LogP contribution is -2.41. The molecule has 1 aliphatic heterocycles. The van der Waals surface area contributed by atoms with Gasteiger partial charge in [-0.2, -0.15) is 0 Å². The van der Waals surface area contributed by atoms with Crippen molar-refractivity contribution in [3.8, 4) is 11.3 Å². The van der Waals surface area contributed by atoms with E-state index >= 15 is 0 Å². The fraction of sp³-hybridized carbons (Fsp3) is 0.188. The first kappa shape index (κ1) is 14.1. The van der Waals surface area contributed by atoms with E-state index in [1.165, 1.54) is 26.3 Å². The Labute approximate surface area is 126 Å². The minimum atomic E-state index is -1.24. The van der Waals surface area contributed by atoms with Gasteiger partial charge in [-0.15, -0.1) is 0 Å². The second kappa shape index (κ2) is 5.14. The van der Waals surface area contributed by atoms with Crippen LogP contribution in [0.5, 0.6) is 0 Å². The number of oxazole rings is 1. The summed E-state index contributed by atoms with van der Waals surface area (Å²) in [6.07, 6.45) is 4.34. The van der Waals surface area contributed by atoms with Gasteiger partial charge >= 0.3 is 11.9 Å². The molecule has 22 heavy (non-hydrogen) atoms. The van der Waals surface area contributed by atoms with Crippen molar-refractivity contribution in [2.75, 3.05) is 0 Å². The molecule has 0 radical (unpaired) electrons. The van der Waals surface area contributed by atoms with Gasteiger partial charge in [-0.1, -0.05) is 18.2 Å². The summed E-state index contributed by atoms with van der Waals surface area (Å²) in [4.78, 5) is 27.7. The number of aromatic nitrogens is 1. The number of ether oxygens (including phenoxy) is 2. The number of cyclic esters (lactones) is 2. The van der Waals surface area contributed by atoms with E-state index in [-0.39, 0.29) is 5.57 Å². The Bertz CT molecular complexity index is 737. The van der Waals surface area contributed by atoms with E-state index in [0.29, 0.717) is 11.3 Å². The molecule has 0 aliphatic carbocycles. The lowest BCUT2D eigenvalue weighted by Gasteiger charge is -2.29. The molecule has 0 bridgehead atoms. The largest absolute Gasteiger partial charge is 0.444 e. The van der Waals surface area contributed by atoms with Crippen LogP contribution >= 0.6 is 0 Å². The highest BCUT2D eigenvalue weighted by Crippen LogP contribution is 2.25. The summed E-state index contributed by atoms with van der Waals surface area (Å²) >= 11 is 0. The molecule has 0 N–H and O–H groups in total. The van der Waals surface area contributed by atoms with Gasteiger partial charge in [0.2, 0.25) is 0 Å². The maximum Gasteiger partial charge on any atom is 0.348 e. The third-order valence-electron chi connectivity index (χ3n) is 3.03. The summed E-state index contributed by atoms with van der Waals surface area (Å²) in [6.45, 7) is 3.01. The Kier molecular flexibility index (Phi) is 3.29. The number of hydrogen-bond acceptors (Lipinski definition) is 6. The van der Waals surface area contributed by atoms with Gasteiger partial charge in [0.05, 0.1) is 6.20 Å². The first-order valence-corrected chi connectivity index (χ1v) is 6.62. The van der Waals surface area contributed by atoms with Crippen LogP contribution in [0.3, 0.4) is 0 Å². The molecular weight excluding hydrogens is 286 g/mol. The summed E-state index contributed by atoms with van der Waals surface area (Å²) in [5.41, 5.74) is 1.29. The average molecular weight is 299 g/mol. The molecule has 0 saturated carbocycles. The molecule has 3 rings (SSSR count). The van der Waals surface area contributed by atoms with Crippen LogP contribution in [-0.4, -0.2) is 22.7 Å². The fourth-order valence-electron chi connectivity index (χ4n) is 2.09. The second-order valence-electron chi connectivity index (χ2n) is 5.23. The molecule has 6 nitrogen and oxygen atoms in total. The molecule has 2 heterocycles. The highest BCUT2D eigenvalue weighted by Gasteiger charge is 2.38. The number of nitrogens with zero attached hydrogens (tertiary/aromatic N) is 1. The van der Waals surface area contributed by atoms with Crippen LogP contribution < -0.4 is 0 Å². The van der Waals surface area contributed by atoms with Gasteiger partial charge in [0.25, 0.3) is 5.79 Å². The monoisotopic (exact) mass is 299 g/mol. The van der Waals surface area contributed by atoms with Gasteiger partial charge in [0, 0.05) is 19.4 Å². The number of benzene rings is 1. The van der Waals surface area contributed by atoms with Crippen LogP contribution in [0.25, 0.3) is 17.4 Å². The maximum absolute atomic E-state index is 11.9. The van der Waals surface area contributed by atoms with E-state index in [9.17, 15) is 9.59 Å². The SMILES string of the molecule is CC1(C)OC(=O)C(=Cc2cccc(-c3cnco3)c2)C(=O)O1. The van der Waals surface area contributed by atoms with Crippen LogP contribution in [0, 0.1) is 0 Å². The van der Waals surface area contributed by atoms with E-state index in [4.69, 9.17) is 13.9 Å². The van der Waals surface area contributed by atoms with E-state index < -0.39 is 17.7 Å². The van der Waals surface area contributed by atoms with Gasteiger partial charge in [0.15, 0.2) is 12.2 Å². The Morgan fingerprint density at radius 3 is 2.50 bits per heavy atom. The van der Waals surface area contributed by atoms with Crippen LogP contribution in [-0.2, 0) is 19.1 Å². The van der Waals surface area contributed by atoms with Crippen molar-refractivity contribution in [2.45, 2.75) is 19.6 Å². The molecule has 0 spiro atoms. The number of hydrogen-bond donors (Lipinski definition) is 0. The number of esters is 2. The lowest BCUT2D eigenvalue weighted by molar-refractivity contribution is -0.222. The molecule has 0 unspecified atom stereocenters. The van der Waals surface area contributed by atoms with Crippen LogP contribution in [0.2, 0.25) is 0 Å². The molecule has 6 heteroatoms. The summed E-state index contributed by atoms with van der Waals surface area (Å²) in [6, 6.07) is 7.15. The highest BCUT2D eigenvalue weighted by atomic mass is 16.7. The minimum absolute atomic E-state index is 0.144. The normalized spacial score (nSPS) is 16.9. The molecule has 1 saturated heterocycles. The zero-order chi connectivity index (χ0) is 15.7. The van der Waals surface area contributed by atoms with Gasteiger partial charge in [-0.3, -0.25) is 0 Å². The van der Waals surface area contributed by atoms with Crippen molar-refractivity contribution < 1.29 is 23.5 Å². The van der Waals surface area contributed by atoms with Crippen molar-refractivity contribution in [3.63, 3.8) is 0 Å². The summed E-state index contributed by atoms with van der Waals surface area (Å²) in [7, 11) is 0. The average Bonchev–Trinajstić information content (AvgIpc) is 2.96. The Morgan fingerprint density at radius 2 is 1.86 bits per heavy atom. The summed E-state index contributed by atoms with van der Waals surface area (Å²) < 4.78 is 15.3. The predicted molar refractivity (Wildman–Crippen MR) is 76.2 cm³/mol. The van der Waals surface area contributed by atoms with Crippen molar-refractivity contribution >= 4 is 18.0 Å². The number of carbonyl (C=O) groups is 2. The van der Waals surface area contributed by atoms with Crippen molar-refractivity contribution in [3.05, 3.63) is 48.0 Å². The van der Waals surface area contributed by atoms with E-state index in [1.807, 2.05) is 6.07 Å². The highest BCUT2D eigenvalue weighted by molar-refractivity contribution is 6.18. The van der Waals surface area contributed by atoms with Gasteiger partial charge in [-0.25, -0.2) is 14.6 Å². The molecule has 1 fully saturated rings. The smallest absolute Gasteiger partial charge is 0.348 e. The zero-order valence-electron chi connectivity index (χ0n) is 12.0. The molecule has 0 amide bonds. The van der Waals surface area contributed by atoms with Crippen LogP contribution in [0.4, 0.5) is 0 Å². The van der Waals surface area contributed by atoms with Crippen molar-refractivity contribution in [2.24, 2.45) is 0 Å². The Hall–Kier alpha value is -2.89. The quantitative estimate of drug-likeness (QED) is 0.482. The topological polar surface area (TPSA) is 78.6 Å². The fourth-order valence-corrected chi connectivity index (χ4v) is 2.09. The van der Waals surface area contributed by atoms with Crippen molar-refractivity contribution in [1.82, 2.24) is 4.98 Å². The van der Waals surface area contributed by atoms with Crippen LogP contribution in [0.15, 0.2) is 46.8 Å². The van der Waals surface area contributed by atoms with E-state index in [2.05, 4.69) is 4.98 Å². The van der Waals surface area contributed by atoms with Gasteiger partial charge in [0.1, 0.15) is 5.57 Å². The third kappa shape index (κ3) is 2.76. The predicted octanol–water partition coefficient (Wildman–Crippen LogP) is 2.56. The maximum atomic E-state index is 11.9. The number of rotatable bonds is 2. The molecular formula is C16H13NO5. The lowest BCUT2D eigenvalue weighted by atomic mass is 10.1. The van der Waals surface area contributed by atoms with Gasteiger partial charge < -0.3 is 13.9 Å². The first-order chi connectivity index (χ1) is 10.4. The molecule has 112 valence electrons.